The molecule has 0 radical (unpaired) electrons. The highest BCUT2D eigenvalue weighted by atomic mass is 35.5. The molecular formula is C18H20ClN5OS. The smallest absolute Gasteiger partial charge is 0.233 e. The van der Waals surface area contributed by atoms with E-state index in [0.717, 1.165) is 16.8 Å². The summed E-state index contributed by atoms with van der Waals surface area (Å²) >= 11 is 7.28. The van der Waals surface area contributed by atoms with E-state index in [-0.39, 0.29) is 5.91 Å². The Kier molecular flexibility index (Phi) is 5.68. The highest BCUT2D eigenvalue weighted by molar-refractivity contribution is 7.99. The minimum absolute atomic E-state index is 0.0399. The predicted molar refractivity (Wildman–Crippen MR) is 107 cm³/mol. The van der Waals surface area contributed by atoms with Crippen molar-refractivity contribution in [2.24, 2.45) is 0 Å². The molecule has 2 aromatic heterocycles. The summed E-state index contributed by atoms with van der Waals surface area (Å²) in [5, 5.41) is 1.21. The Morgan fingerprint density at radius 1 is 1.23 bits per heavy atom. The van der Waals surface area contributed by atoms with E-state index < -0.39 is 0 Å². The van der Waals surface area contributed by atoms with Crippen LogP contribution in [0.1, 0.15) is 5.56 Å². The maximum atomic E-state index is 12.4. The highest BCUT2D eigenvalue weighted by Crippen LogP contribution is 2.21. The number of halogens is 1. The fraction of sp³-hybridized carbons (Fsp3) is 0.278. The van der Waals surface area contributed by atoms with Gasteiger partial charge in [-0.3, -0.25) is 4.79 Å². The van der Waals surface area contributed by atoms with Gasteiger partial charge < -0.3 is 14.8 Å². The molecule has 3 aromatic rings. The van der Waals surface area contributed by atoms with Gasteiger partial charge in [-0.15, -0.1) is 0 Å². The number of imidazole rings is 1. The minimum atomic E-state index is 0.0399. The molecule has 136 valence electrons. The van der Waals surface area contributed by atoms with E-state index in [2.05, 4.69) is 27.1 Å². The monoisotopic (exact) mass is 389 g/mol. The summed E-state index contributed by atoms with van der Waals surface area (Å²) in [7, 11) is 5.82. The number of aromatic nitrogens is 3. The van der Waals surface area contributed by atoms with Crippen LogP contribution in [-0.2, 0) is 11.3 Å². The van der Waals surface area contributed by atoms with E-state index in [0.29, 0.717) is 28.1 Å². The van der Waals surface area contributed by atoms with Crippen molar-refractivity contribution in [3.63, 3.8) is 0 Å². The molecule has 1 aromatic carbocycles. The second-order valence-corrected chi connectivity index (χ2v) is 7.57. The number of nitrogens with zero attached hydrogens (tertiary/aromatic N) is 4. The quantitative estimate of drug-likeness (QED) is 0.654. The predicted octanol–water partition coefficient (Wildman–Crippen LogP) is 3.43. The van der Waals surface area contributed by atoms with Crippen LogP contribution < -0.4 is 4.90 Å². The average molecular weight is 390 g/mol. The molecule has 26 heavy (non-hydrogen) atoms. The number of H-pyrrole nitrogens is 1. The van der Waals surface area contributed by atoms with Crippen LogP contribution in [0.3, 0.4) is 0 Å². The molecule has 0 aliphatic rings. The minimum Gasteiger partial charge on any atom is -0.378 e. The largest absolute Gasteiger partial charge is 0.378 e. The lowest BCUT2D eigenvalue weighted by atomic mass is 10.2. The third kappa shape index (κ3) is 4.47. The lowest BCUT2D eigenvalue weighted by Crippen LogP contribution is -2.27. The van der Waals surface area contributed by atoms with Crippen molar-refractivity contribution in [3.05, 3.63) is 47.1 Å². The molecule has 2 heterocycles. The summed E-state index contributed by atoms with van der Waals surface area (Å²) in [6.07, 6.45) is 1.56. The normalized spacial score (nSPS) is 10.9. The van der Waals surface area contributed by atoms with Crippen LogP contribution in [0.15, 0.2) is 41.7 Å². The Morgan fingerprint density at radius 3 is 2.65 bits per heavy atom. The van der Waals surface area contributed by atoms with Gasteiger partial charge in [0.15, 0.2) is 10.8 Å². The van der Waals surface area contributed by atoms with Crippen molar-refractivity contribution < 1.29 is 4.79 Å². The maximum Gasteiger partial charge on any atom is 0.233 e. The first-order valence-electron chi connectivity index (χ1n) is 8.06. The molecule has 3 rings (SSSR count). The number of carbonyl (C=O) groups excluding carboxylic acids is 1. The zero-order valence-corrected chi connectivity index (χ0v) is 16.4. The number of aromatic amines is 1. The number of amides is 1. The number of benzene rings is 1. The number of fused-ring (bicyclic) bond motifs is 1. The molecule has 0 bridgehead atoms. The Morgan fingerprint density at radius 2 is 1.96 bits per heavy atom. The number of rotatable bonds is 6. The molecule has 0 spiro atoms. The molecule has 0 aliphatic heterocycles. The van der Waals surface area contributed by atoms with Gasteiger partial charge in [0, 0.05) is 39.6 Å². The fourth-order valence-corrected chi connectivity index (χ4v) is 3.39. The van der Waals surface area contributed by atoms with Gasteiger partial charge >= 0.3 is 0 Å². The summed E-state index contributed by atoms with van der Waals surface area (Å²) < 4.78 is 0. The van der Waals surface area contributed by atoms with E-state index in [9.17, 15) is 4.79 Å². The van der Waals surface area contributed by atoms with Gasteiger partial charge in [0.1, 0.15) is 0 Å². The first kappa shape index (κ1) is 18.5. The lowest BCUT2D eigenvalue weighted by molar-refractivity contribution is -0.127. The molecule has 6 nitrogen and oxygen atoms in total. The first-order chi connectivity index (χ1) is 12.4. The number of carbonyl (C=O) groups is 1. The molecular weight excluding hydrogens is 370 g/mol. The third-order valence-corrected chi connectivity index (χ3v) is 4.98. The van der Waals surface area contributed by atoms with Gasteiger partial charge in [-0.25, -0.2) is 9.97 Å². The summed E-state index contributed by atoms with van der Waals surface area (Å²) in [6, 6.07) is 9.96. The molecule has 0 saturated heterocycles. The van der Waals surface area contributed by atoms with Crippen molar-refractivity contribution in [2.45, 2.75) is 11.7 Å². The van der Waals surface area contributed by atoms with Crippen molar-refractivity contribution in [1.29, 1.82) is 0 Å². The van der Waals surface area contributed by atoms with Crippen molar-refractivity contribution in [3.8, 4) is 0 Å². The van der Waals surface area contributed by atoms with E-state index in [1.807, 2.05) is 38.2 Å². The summed E-state index contributed by atoms with van der Waals surface area (Å²) in [5.74, 6) is 0.345. The van der Waals surface area contributed by atoms with E-state index >= 15 is 0 Å². The van der Waals surface area contributed by atoms with Crippen LogP contribution in [-0.4, -0.2) is 52.7 Å². The molecule has 0 atom stereocenters. The van der Waals surface area contributed by atoms with Gasteiger partial charge in [-0.05, 0) is 23.8 Å². The SMILES string of the molecule is CN(Cc1ccc(N(C)C)cc1)C(=O)CSc1nc2ncc(Cl)cc2[nH]1. The number of hydrogen-bond acceptors (Lipinski definition) is 5. The number of pyridine rings is 1. The van der Waals surface area contributed by atoms with Crippen LogP contribution in [0.5, 0.6) is 0 Å². The third-order valence-electron chi connectivity index (χ3n) is 3.91. The average Bonchev–Trinajstić information content (AvgIpc) is 3.02. The Bertz CT molecular complexity index is 910. The summed E-state index contributed by atoms with van der Waals surface area (Å²) in [4.78, 5) is 27.8. The van der Waals surface area contributed by atoms with Crippen LogP contribution in [0.2, 0.25) is 5.02 Å². The molecule has 8 heteroatoms. The molecule has 0 aliphatic carbocycles. The van der Waals surface area contributed by atoms with Crippen LogP contribution >= 0.6 is 23.4 Å². The van der Waals surface area contributed by atoms with Gasteiger partial charge in [0.25, 0.3) is 0 Å². The first-order valence-corrected chi connectivity index (χ1v) is 9.43. The number of nitrogens with one attached hydrogen (secondary N) is 1. The number of thioether (sulfide) groups is 1. The van der Waals surface area contributed by atoms with Crippen LogP contribution in [0, 0.1) is 0 Å². The Hall–Kier alpha value is -2.25. The van der Waals surface area contributed by atoms with E-state index in [1.54, 1.807) is 17.2 Å². The lowest BCUT2D eigenvalue weighted by Gasteiger charge is -2.18. The number of hydrogen-bond donors (Lipinski definition) is 1. The Balaban J connectivity index is 1.56. The topological polar surface area (TPSA) is 65.1 Å². The molecule has 0 saturated carbocycles. The standard InChI is InChI=1S/C18H20ClN5OS/c1-23(2)14-6-4-12(5-7-14)10-24(3)16(25)11-26-18-21-15-8-13(19)9-20-17(15)22-18/h4-9H,10-11H2,1-3H3,(H,20,21,22). The zero-order chi connectivity index (χ0) is 18.7. The maximum absolute atomic E-state index is 12.4. The van der Waals surface area contributed by atoms with Crippen LogP contribution in [0.4, 0.5) is 5.69 Å². The van der Waals surface area contributed by atoms with Crippen molar-refractivity contribution in [2.75, 3.05) is 31.8 Å². The molecule has 0 fully saturated rings. The van der Waals surface area contributed by atoms with Gasteiger partial charge in [-0.1, -0.05) is 35.5 Å². The summed E-state index contributed by atoms with van der Waals surface area (Å²) in [5.41, 5.74) is 3.59. The fourth-order valence-electron chi connectivity index (χ4n) is 2.42. The van der Waals surface area contributed by atoms with Gasteiger partial charge in [0.05, 0.1) is 16.3 Å². The van der Waals surface area contributed by atoms with Gasteiger partial charge in [0.2, 0.25) is 5.91 Å². The second-order valence-electron chi connectivity index (χ2n) is 6.17. The zero-order valence-electron chi connectivity index (χ0n) is 14.9. The van der Waals surface area contributed by atoms with Gasteiger partial charge in [-0.2, -0.15) is 0 Å². The number of anilines is 1. The van der Waals surface area contributed by atoms with Crippen molar-refractivity contribution in [1.82, 2.24) is 19.9 Å². The van der Waals surface area contributed by atoms with Crippen molar-refractivity contribution >= 4 is 46.1 Å². The van der Waals surface area contributed by atoms with Crippen LogP contribution in [0.25, 0.3) is 11.2 Å². The highest BCUT2D eigenvalue weighted by Gasteiger charge is 2.12. The molecule has 0 unspecified atom stereocenters. The van der Waals surface area contributed by atoms with E-state index in [1.165, 1.54) is 11.8 Å². The summed E-state index contributed by atoms with van der Waals surface area (Å²) in [6.45, 7) is 0.574. The second kappa shape index (κ2) is 7.97. The molecule has 1 amide bonds. The Labute approximate surface area is 161 Å². The van der Waals surface area contributed by atoms with E-state index in [4.69, 9.17) is 11.6 Å². The molecule has 1 N–H and O–H groups in total.